The van der Waals surface area contributed by atoms with Crippen molar-refractivity contribution in [2.24, 2.45) is 5.73 Å². The van der Waals surface area contributed by atoms with Crippen molar-refractivity contribution in [3.8, 4) is 5.75 Å². The van der Waals surface area contributed by atoms with E-state index < -0.39 is 5.91 Å². The van der Waals surface area contributed by atoms with E-state index in [-0.39, 0.29) is 11.7 Å². The van der Waals surface area contributed by atoms with Gasteiger partial charge in [-0.25, -0.2) is 4.98 Å². The summed E-state index contributed by atoms with van der Waals surface area (Å²) in [7, 11) is 0. The van der Waals surface area contributed by atoms with Crippen LogP contribution in [0.3, 0.4) is 0 Å². The fourth-order valence-electron chi connectivity index (χ4n) is 2.17. The molecule has 0 saturated heterocycles. The maximum atomic E-state index is 11.2. The van der Waals surface area contributed by atoms with Crippen LogP contribution in [0.5, 0.6) is 5.75 Å². The molecule has 2 heterocycles. The molecule has 1 aliphatic rings. The van der Waals surface area contributed by atoms with Crippen LogP contribution in [0.1, 0.15) is 22.1 Å². The van der Waals surface area contributed by atoms with E-state index in [1.807, 2.05) is 24.3 Å². The van der Waals surface area contributed by atoms with Gasteiger partial charge in [0.05, 0.1) is 11.7 Å². The number of primary amides is 1. The number of nitrogens with zero attached hydrogens (tertiary/aromatic N) is 1. The number of fused-ring (bicyclic) bond motifs is 1. The zero-order valence-corrected chi connectivity index (χ0v) is 10.7. The van der Waals surface area contributed by atoms with E-state index in [0.29, 0.717) is 18.1 Å². The quantitative estimate of drug-likeness (QED) is 0.780. The van der Waals surface area contributed by atoms with Gasteiger partial charge in [0.15, 0.2) is 5.82 Å². The Morgan fingerprint density at radius 1 is 1.30 bits per heavy atom. The van der Waals surface area contributed by atoms with Crippen LogP contribution >= 0.6 is 0 Å². The van der Waals surface area contributed by atoms with Crippen molar-refractivity contribution in [2.75, 3.05) is 17.7 Å². The number of anilines is 2. The molecule has 0 aliphatic carbocycles. The van der Waals surface area contributed by atoms with Crippen molar-refractivity contribution in [3.05, 3.63) is 47.7 Å². The average molecular weight is 270 g/mol. The fourth-order valence-corrected chi connectivity index (χ4v) is 2.17. The Bertz CT molecular complexity index is 672. The van der Waals surface area contributed by atoms with Crippen molar-refractivity contribution in [1.29, 1.82) is 0 Å². The summed E-state index contributed by atoms with van der Waals surface area (Å²) in [5.41, 5.74) is 12.8. The van der Waals surface area contributed by atoms with E-state index in [1.54, 1.807) is 6.07 Å². The first-order chi connectivity index (χ1) is 9.65. The summed E-state index contributed by atoms with van der Waals surface area (Å²) >= 11 is 0. The molecule has 0 bridgehead atoms. The Kier molecular flexibility index (Phi) is 2.90. The number of nitrogens with two attached hydrogens (primary N) is 2. The van der Waals surface area contributed by atoms with Gasteiger partial charge in [0.25, 0.3) is 5.91 Å². The van der Waals surface area contributed by atoms with Crippen LogP contribution in [-0.2, 0) is 0 Å². The van der Waals surface area contributed by atoms with Crippen molar-refractivity contribution < 1.29 is 9.53 Å². The number of carbonyl (C=O) groups excluding carboxylic acids is 1. The van der Waals surface area contributed by atoms with Gasteiger partial charge in [-0.3, -0.25) is 4.79 Å². The van der Waals surface area contributed by atoms with Gasteiger partial charge in [-0.1, -0.05) is 18.2 Å². The highest BCUT2D eigenvalue weighted by Crippen LogP contribution is 2.34. The number of hydrogen-bond acceptors (Lipinski definition) is 5. The van der Waals surface area contributed by atoms with Gasteiger partial charge in [-0.05, 0) is 18.2 Å². The Hall–Kier alpha value is -2.76. The second-order valence-corrected chi connectivity index (χ2v) is 4.54. The van der Waals surface area contributed by atoms with E-state index in [4.69, 9.17) is 16.2 Å². The molecule has 5 N–H and O–H groups in total. The largest absolute Gasteiger partial charge is 0.491 e. The number of nitrogen functional groups attached to an aromatic ring is 1. The summed E-state index contributed by atoms with van der Waals surface area (Å²) in [6.45, 7) is 0.487. The standard InChI is InChI=1S/C14H14N4O2/c15-9-5-6-10(13(16)19)17-14(9)18-11-7-20-12-4-2-1-3-8(11)12/h1-6,11H,7,15H2,(H2,16,19)(H,17,18). The SMILES string of the molecule is NC(=O)c1ccc(N)c(NC2COc3ccccc32)n1. The van der Waals surface area contributed by atoms with Gasteiger partial charge in [0.2, 0.25) is 0 Å². The van der Waals surface area contributed by atoms with Gasteiger partial charge >= 0.3 is 0 Å². The van der Waals surface area contributed by atoms with Crippen LogP contribution in [0.2, 0.25) is 0 Å². The fraction of sp³-hybridized carbons (Fsp3) is 0.143. The maximum absolute atomic E-state index is 11.2. The molecule has 3 rings (SSSR count). The first-order valence-electron chi connectivity index (χ1n) is 6.20. The molecular weight excluding hydrogens is 256 g/mol. The molecule has 1 amide bonds. The summed E-state index contributed by atoms with van der Waals surface area (Å²) in [5, 5.41) is 3.19. The predicted octanol–water partition coefficient (Wildman–Crippen LogP) is 1.31. The molecule has 1 aromatic heterocycles. The third-order valence-corrected chi connectivity index (χ3v) is 3.19. The van der Waals surface area contributed by atoms with E-state index in [2.05, 4.69) is 10.3 Å². The molecule has 1 unspecified atom stereocenters. The number of benzene rings is 1. The minimum atomic E-state index is -0.587. The third kappa shape index (κ3) is 2.11. The summed E-state index contributed by atoms with van der Waals surface area (Å²) in [4.78, 5) is 15.3. The molecule has 2 aromatic rings. The van der Waals surface area contributed by atoms with Crippen LogP contribution in [0.4, 0.5) is 11.5 Å². The number of nitrogens with one attached hydrogen (secondary N) is 1. The van der Waals surface area contributed by atoms with Gasteiger partial charge in [0, 0.05) is 5.56 Å². The highest BCUT2D eigenvalue weighted by atomic mass is 16.5. The average Bonchev–Trinajstić information content (AvgIpc) is 2.84. The number of para-hydroxylation sites is 1. The van der Waals surface area contributed by atoms with E-state index in [9.17, 15) is 4.79 Å². The van der Waals surface area contributed by atoms with E-state index in [0.717, 1.165) is 11.3 Å². The molecule has 6 nitrogen and oxygen atoms in total. The number of aromatic nitrogens is 1. The van der Waals surface area contributed by atoms with Crippen LogP contribution in [0.15, 0.2) is 36.4 Å². The minimum Gasteiger partial charge on any atom is -0.491 e. The summed E-state index contributed by atoms with van der Waals surface area (Å²) in [6, 6.07) is 10.8. The van der Waals surface area contributed by atoms with Crippen LogP contribution in [0, 0.1) is 0 Å². The summed E-state index contributed by atoms with van der Waals surface area (Å²) < 4.78 is 5.58. The second-order valence-electron chi connectivity index (χ2n) is 4.54. The molecule has 0 fully saturated rings. The van der Waals surface area contributed by atoms with Crippen molar-refractivity contribution >= 4 is 17.4 Å². The summed E-state index contributed by atoms with van der Waals surface area (Å²) in [5.74, 6) is 0.692. The Morgan fingerprint density at radius 2 is 2.10 bits per heavy atom. The molecule has 1 aliphatic heterocycles. The van der Waals surface area contributed by atoms with Gasteiger partial charge in [-0.15, -0.1) is 0 Å². The monoisotopic (exact) mass is 270 g/mol. The smallest absolute Gasteiger partial charge is 0.267 e. The highest BCUT2D eigenvalue weighted by molar-refractivity contribution is 5.91. The first kappa shape index (κ1) is 12.3. The molecule has 1 atom stereocenters. The number of rotatable bonds is 3. The van der Waals surface area contributed by atoms with Crippen molar-refractivity contribution in [2.45, 2.75) is 6.04 Å². The van der Waals surface area contributed by atoms with Crippen LogP contribution < -0.4 is 21.5 Å². The lowest BCUT2D eigenvalue weighted by atomic mass is 10.1. The Morgan fingerprint density at radius 3 is 2.90 bits per heavy atom. The normalized spacial score (nSPS) is 16.3. The first-order valence-corrected chi connectivity index (χ1v) is 6.20. The molecule has 102 valence electrons. The lowest BCUT2D eigenvalue weighted by Gasteiger charge is -2.14. The molecule has 20 heavy (non-hydrogen) atoms. The highest BCUT2D eigenvalue weighted by Gasteiger charge is 2.24. The van der Waals surface area contributed by atoms with Gasteiger partial charge in [0.1, 0.15) is 18.1 Å². The number of pyridine rings is 1. The zero-order valence-electron chi connectivity index (χ0n) is 10.7. The predicted molar refractivity (Wildman–Crippen MR) is 75.5 cm³/mol. The Labute approximate surface area is 115 Å². The van der Waals surface area contributed by atoms with E-state index in [1.165, 1.54) is 6.07 Å². The molecule has 0 radical (unpaired) electrons. The topological polar surface area (TPSA) is 103 Å². The lowest BCUT2D eigenvalue weighted by Crippen LogP contribution is -2.18. The Balaban J connectivity index is 1.89. The second kappa shape index (κ2) is 4.73. The molecule has 0 spiro atoms. The molecule has 0 saturated carbocycles. The number of carbonyl (C=O) groups is 1. The number of hydrogen-bond donors (Lipinski definition) is 3. The molecule has 6 heteroatoms. The molecule has 1 aromatic carbocycles. The number of amides is 1. The van der Waals surface area contributed by atoms with Crippen molar-refractivity contribution in [3.63, 3.8) is 0 Å². The van der Waals surface area contributed by atoms with E-state index >= 15 is 0 Å². The van der Waals surface area contributed by atoms with Gasteiger partial charge in [-0.2, -0.15) is 0 Å². The maximum Gasteiger partial charge on any atom is 0.267 e. The van der Waals surface area contributed by atoms with Gasteiger partial charge < -0.3 is 21.5 Å². The van der Waals surface area contributed by atoms with Crippen LogP contribution in [0.25, 0.3) is 0 Å². The number of ether oxygens (including phenoxy) is 1. The zero-order chi connectivity index (χ0) is 14.1. The van der Waals surface area contributed by atoms with Crippen LogP contribution in [-0.4, -0.2) is 17.5 Å². The third-order valence-electron chi connectivity index (χ3n) is 3.19. The summed E-state index contributed by atoms with van der Waals surface area (Å²) in [6.07, 6.45) is 0. The lowest BCUT2D eigenvalue weighted by molar-refractivity contribution is 0.0995. The minimum absolute atomic E-state index is 0.0517. The molecular formula is C14H14N4O2. The van der Waals surface area contributed by atoms with Crippen molar-refractivity contribution in [1.82, 2.24) is 4.98 Å².